The van der Waals surface area contributed by atoms with E-state index in [-0.39, 0.29) is 24.1 Å². The third-order valence-corrected chi connectivity index (χ3v) is 3.78. The van der Waals surface area contributed by atoms with Crippen LogP contribution in [0.25, 0.3) is 0 Å². The van der Waals surface area contributed by atoms with E-state index in [1.165, 1.54) is 6.07 Å². The normalized spacial score (nSPS) is 15.6. The molecule has 0 radical (unpaired) electrons. The Morgan fingerprint density at radius 1 is 1.43 bits per heavy atom. The molecular formula is C15H23ClFN3O. The molecule has 4 nitrogen and oxygen atoms in total. The Kier molecular flexibility index (Phi) is 7.08. The fourth-order valence-corrected chi connectivity index (χ4v) is 2.47. The summed E-state index contributed by atoms with van der Waals surface area (Å²) in [7, 11) is 1.96. The summed E-state index contributed by atoms with van der Waals surface area (Å²) in [5, 5.41) is 6.05. The Hall–Kier alpha value is -1.17. The second kappa shape index (κ2) is 8.32. The van der Waals surface area contributed by atoms with Gasteiger partial charge in [-0.1, -0.05) is 6.07 Å². The van der Waals surface area contributed by atoms with Crippen molar-refractivity contribution in [1.82, 2.24) is 10.2 Å². The number of aryl methyl sites for hydroxylation is 1. The Balaban J connectivity index is 0.00000220. The second-order valence-corrected chi connectivity index (χ2v) is 5.41. The molecule has 2 rings (SSSR count). The largest absolute Gasteiger partial charge is 0.325 e. The number of amides is 1. The third kappa shape index (κ3) is 5.26. The molecule has 1 fully saturated rings. The predicted molar refractivity (Wildman–Crippen MR) is 85.5 cm³/mol. The molecule has 0 atom stereocenters. The van der Waals surface area contributed by atoms with Crippen molar-refractivity contribution in [3.63, 3.8) is 0 Å². The number of benzene rings is 1. The number of piperidine rings is 1. The van der Waals surface area contributed by atoms with E-state index in [4.69, 9.17) is 0 Å². The van der Waals surface area contributed by atoms with E-state index in [1.807, 2.05) is 7.05 Å². The summed E-state index contributed by atoms with van der Waals surface area (Å²) in [4.78, 5) is 14.0. The maximum atomic E-state index is 13.4. The third-order valence-electron chi connectivity index (χ3n) is 3.78. The summed E-state index contributed by atoms with van der Waals surface area (Å²) < 4.78 is 13.4. The van der Waals surface area contributed by atoms with E-state index in [2.05, 4.69) is 15.5 Å². The van der Waals surface area contributed by atoms with Gasteiger partial charge in [-0.3, -0.25) is 9.69 Å². The highest BCUT2D eigenvalue weighted by molar-refractivity contribution is 5.92. The number of anilines is 1. The molecule has 2 N–H and O–H groups in total. The molecule has 1 aliphatic rings. The molecular weight excluding hydrogens is 293 g/mol. The van der Waals surface area contributed by atoms with Gasteiger partial charge >= 0.3 is 0 Å². The number of halogens is 2. The minimum absolute atomic E-state index is 0. The molecule has 0 spiro atoms. The van der Waals surface area contributed by atoms with Crippen LogP contribution in [-0.4, -0.2) is 43.5 Å². The summed E-state index contributed by atoms with van der Waals surface area (Å²) >= 11 is 0. The van der Waals surface area contributed by atoms with Gasteiger partial charge in [0.2, 0.25) is 5.91 Å². The fourth-order valence-electron chi connectivity index (χ4n) is 2.47. The molecule has 6 heteroatoms. The molecule has 1 aromatic carbocycles. The van der Waals surface area contributed by atoms with Gasteiger partial charge in [-0.25, -0.2) is 4.39 Å². The van der Waals surface area contributed by atoms with Gasteiger partial charge in [-0.15, -0.1) is 12.4 Å². The van der Waals surface area contributed by atoms with Gasteiger partial charge in [0, 0.05) is 11.7 Å². The number of hydrogen-bond acceptors (Lipinski definition) is 3. The highest BCUT2D eigenvalue weighted by Crippen LogP contribution is 2.14. The number of nitrogens with one attached hydrogen (secondary N) is 2. The molecule has 0 saturated carbocycles. The van der Waals surface area contributed by atoms with Crippen LogP contribution in [0.4, 0.5) is 10.1 Å². The van der Waals surface area contributed by atoms with Crippen LogP contribution in [0.1, 0.15) is 18.4 Å². The van der Waals surface area contributed by atoms with Crippen molar-refractivity contribution in [3.05, 3.63) is 29.6 Å². The lowest BCUT2D eigenvalue weighted by atomic mass is 10.1. The summed E-state index contributed by atoms with van der Waals surface area (Å²) in [5.74, 6) is -0.399. The Labute approximate surface area is 131 Å². The van der Waals surface area contributed by atoms with Crippen LogP contribution in [0.2, 0.25) is 0 Å². The van der Waals surface area contributed by atoms with Crippen LogP contribution in [0, 0.1) is 12.7 Å². The standard InChI is InChI=1S/C15H22FN3O.ClH/c1-11-3-4-12(9-14(11)16)18-15(20)10-19(2)13-5-7-17-8-6-13;/h3-4,9,13,17H,5-8,10H2,1-2H3,(H,18,20);1H. The van der Waals surface area contributed by atoms with Gasteiger partial charge in [-0.2, -0.15) is 0 Å². The van der Waals surface area contributed by atoms with Gasteiger partial charge in [-0.05, 0) is 57.6 Å². The zero-order valence-electron chi connectivity index (χ0n) is 12.5. The van der Waals surface area contributed by atoms with Crippen molar-refractivity contribution in [1.29, 1.82) is 0 Å². The van der Waals surface area contributed by atoms with Gasteiger partial charge in [0.15, 0.2) is 0 Å². The van der Waals surface area contributed by atoms with Gasteiger partial charge < -0.3 is 10.6 Å². The zero-order valence-corrected chi connectivity index (χ0v) is 13.3. The summed E-state index contributed by atoms with van der Waals surface area (Å²) in [6.45, 7) is 4.03. The van der Waals surface area contributed by atoms with Crippen molar-refractivity contribution in [3.8, 4) is 0 Å². The van der Waals surface area contributed by atoms with Gasteiger partial charge in [0.05, 0.1) is 6.54 Å². The van der Waals surface area contributed by atoms with Crippen molar-refractivity contribution < 1.29 is 9.18 Å². The molecule has 0 bridgehead atoms. The second-order valence-electron chi connectivity index (χ2n) is 5.41. The van der Waals surface area contributed by atoms with Crippen LogP contribution in [0.5, 0.6) is 0 Å². The fraction of sp³-hybridized carbons (Fsp3) is 0.533. The summed E-state index contributed by atoms with van der Waals surface area (Å²) in [5.41, 5.74) is 1.09. The highest BCUT2D eigenvalue weighted by Gasteiger charge is 2.19. The minimum atomic E-state index is -0.297. The molecule has 1 aliphatic heterocycles. The lowest BCUT2D eigenvalue weighted by molar-refractivity contribution is -0.117. The first kappa shape index (κ1) is 17.9. The van der Waals surface area contributed by atoms with E-state index in [1.54, 1.807) is 19.1 Å². The highest BCUT2D eigenvalue weighted by atomic mass is 35.5. The Bertz CT molecular complexity index is 478. The Morgan fingerprint density at radius 3 is 2.71 bits per heavy atom. The molecule has 1 saturated heterocycles. The van der Waals surface area contributed by atoms with Crippen LogP contribution in [0.15, 0.2) is 18.2 Å². The molecule has 0 aliphatic carbocycles. The van der Waals surface area contributed by atoms with Crippen LogP contribution < -0.4 is 10.6 Å². The molecule has 21 heavy (non-hydrogen) atoms. The van der Waals surface area contributed by atoms with Crippen molar-refractivity contribution >= 4 is 24.0 Å². The smallest absolute Gasteiger partial charge is 0.238 e. The van der Waals surface area contributed by atoms with Crippen molar-refractivity contribution in [2.75, 3.05) is 32.0 Å². The SMILES string of the molecule is Cc1ccc(NC(=O)CN(C)C2CCNCC2)cc1F.Cl. The minimum Gasteiger partial charge on any atom is -0.325 e. The number of carbonyl (C=O) groups is 1. The van der Waals surface area contributed by atoms with E-state index < -0.39 is 0 Å². The number of nitrogens with zero attached hydrogens (tertiary/aromatic N) is 1. The molecule has 118 valence electrons. The van der Waals surface area contributed by atoms with E-state index >= 15 is 0 Å². The zero-order chi connectivity index (χ0) is 14.5. The molecule has 1 heterocycles. The number of likely N-dealkylation sites (N-methyl/N-ethyl adjacent to an activating group) is 1. The van der Waals surface area contributed by atoms with E-state index in [9.17, 15) is 9.18 Å². The summed E-state index contributed by atoms with van der Waals surface area (Å²) in [6, 6.07) is 5.19. The van der Waals surface area contributed by atoms with Gasteiger partial charge in [0.25, 0.3) is 0 Å². The van der Waals surface area contributed by atoms with Crippen LogP contribution in [-0.2, 0) is 4.79 Å². The number of carbonyl (C=O) groups excluding carboxylic acids is 1. The lowest BCUT2D eigenvalue weighted by Gasteiger charge is -2.31. The molecule has 1 aromatic rings. The first-order chi connectivity index (χ1) is 9.56. The lowest BCUT2D eigenvalue weighted by Crippen LogP contribution is -2.44. The average Bonchev–Trinajstić information content (AvgIpc) is 2.44. The number of hydrogen-bond donors (Lipinski definition) is 2. The van der Waals surface area contributed by atoms with Crippen molar-refractivity contribution in [2.24, 2.45) is 0 Å². The maximum absolute atomic E-state index is 13.4. The Morgan fingerprint density at radius 2 is 2.10 bits per heavy atom. The van der Waals surface area contributed by atoms with Crippen LogP contribution in [0.3, 0.4) is 0 Å². The number of rotatable bonds is 4. The van der Waals surface area contributed by atoms with E-state index in [0.29, 0.717) is 23.8 Å². The predicted octanol–water partition coefficient (Wildman–Crippen LogP) is 2.18. The molecule has 0 unspecified atom stereocenters. The topological polar surface area (TPSA) is 44.4 Å². The maximum Gasteiger partial charge on any atom is 0.238 e. The quantitative estimate of drug-likeness (QED) is 0.895. The molecule has 0 aromatic heterocycles. The first-order valence-corrected chi connectivity index (χ1v) is 7.03. The van der Waals surface area contributed by atoms with Crippen molar-refractivity contribution in [2.45, 2.75) is 25.8 Å². The summed E-state index contributed by atoms with van der Waals surface area (Å²) in [6.07, 6.45) is 2.12. The monoisotopic (exact) mass is 315 g/mol. The van der Waals surface area contributed by atoms with Gasteiger partial charge in [0.1, 0.15) is 5.82 Å². The van der Waals surface area contributed by atoms with Crippen LogP contribution >= 0.6 is 12.4 Å². The average molecular weight is 316 g/mol. The van der Waals surface area contributed by atoms with E-state index in [0.717, 1.165) is 25.9 Å². The molecule has 1 amide bonds. The first-order valence-electron chi connectivity index (χ1n) is 7.03.